The molecule has 1 heterocycles. The van der Waals surface area contributed by atoms with Crippen LogP contribution in [0.15, 0.2) is 53.6 Å². The summed E-state index contributed by atoms with van der Waals surface area (Å²) in [6.07, 6.45) is 4.49. The van der Waals surface area contributed by atoms with Crippen molar-refractivity contribution in [3.8, 4) is 0 Å². The minimum absolute atomic E-state index is 0.120. The fraction of sp³-hybridized carbons (Fsp3) is 0.273. The molecule has 0 spiro atoms. The Morgan fingerprint density at radius 2 is 1.94 bits per heavy atom. The maximum atomic E-state index is 12.7. The van der Waals surface area contributed by atoms with E-state index >= 15 is 0 Å². The molecule has 2 aromatic carbocycles. The van der Waals surface area contributed by atoms with Crippen molar-refractivity contribution in [1.82, 2.24) is 15.1 Å². The van der Waals surface area contributed by atoms with Crippen LogP contribution in [0.2, 0.25) is 0 Å². The number of hydrogen-bond donors (Lipinski definition) is 2. The SMILES string of the molecule is Cc1ccc(S(=O)(=O)Nc2ccc(C(=O)NC3CCCc4c3cnn4C)cc2)cc1[N+](=O)[O-]. The number of rotatable bonds is 6. The third-order valence-corrected chi connectivity index (χ3v) is 7.15. The number of aromatic nitrogens is 2. The van der Waals surface area contributed by atoms with E-state index in [1.54, 1.807) is 6.20 Å². The lowest BCUT2D eigenvalue weighted by Crippen LogP contribution is -2.30. The molecule has 11 heteroatoms. The van der Waals surface area contributed by atoms with Crippen LogP contribution in [0.4, 0.5) is 11.4 Å². The second kappa shape index (κ2) is 8.66. The normalized spacial score (nSPS) is 15.5. The largest absolute Gasteiger partial charge is 0.345 e. The standard InChI is InChI=1S/C22H23N5O5S/c1-14-6-11-17(12-21(14)27(29)30)33(31,32)25-16-9-7-15(8-10-16)22(28)24-19-4-3-5-20-18(19)13-23-26(20)2/h6-13,19,25H,3-5H2,1-2H3,(H,24,28). The molecular formula is C22H23N5O5S. The highest BCUT2D eigenvalue weighted by Crippen LogP contribution is 2.29. The van der Waals surface area contributed by atoms with Crippen molar-refractivity contribution in [3.05, 3.63) is 81.2 Å². The summed E-state index contributed by atoms with van der Waals surface area (Å²) in [5.41, 5.74) is 2.86. The van der Waals surface area contributed by atoms with E-state index in [0.717, 1.165) is 36.6 Å². The van der Waals surface area contributed by atoms with E-state index in [0.29, 0.717) is 11.1 Å². The molecule has 1 amide bonds. The Morgan fingerprint density at radius 1 is 1.21 bits per heavy atom. The highest BCUT2D eigenvalue weighted by atomic mass is 32.2. The molecular weight excluding hydrogens is 446 g/mol. The Balaban J connectivity index is 1.47. The second-order valence-corrected chi connectivity index (χ2v) is 9.66. The number of hydrogen-bond acceptors (Lipinski definition) is 6. The predicted octanol–water partition coefficient (Wildman–Crippen LogP) is 3.24. The number of nitrogens with one attached hydrogen (secondary N) is 2. The van der Waals surface area contributed by atoms with Crippen molar-refractivity contribution in [2.24, 2.45) is 7.05 Å². The zero-order chi connectivity index (χ0) is 23.8. The molecule has 1 aliphatic carbocycles. The van der Waals surface area contributed by atoms with E-state index in [1.165, 1.54) is 43.3 Å². The monoisotopic (exact) mass is 469 g/mol. The van der Waals surface area contributed by atoms with Gasteiger partial charge in [-0.25, -0.2) is 8.42 Å². The number of nitro benzene ring substituents is 1. The van der Waals surface area contributed by atoms with E-state index in [2.05, 4.69) is 15.1 Å². The molecule has 1 aliphatic rings. The van der Waals surface area contributed by atoms with Gasteiger partial charge < -0.3 is 5.32 Å². The number of carbonyl (C=O) groups excluding carboxylic acids is 1. The summed E-state index contributed by atoms with van der Waals surface area (Å²) >= 11 is 0. The molecule has 1 atom stereocenters. The summed E-state index contributed by atoms with van der Waals surface area (Å²) in [6.45, 7) is 1.54. The van der Waals surface area contributed by atoms with Crippen molar-refractivity contribution in [3.63, 3.8) is 0 Å². The first-order chi connectivity index (χ1) is 15.7. The van der Waals surface area contributed by atoms with Crippen LogP contribution in [0.1, 0.15) is 46.1 Å². The first kappa shape index (κ1) is 22.5. The molecule has 1 unspecified atom stereocenters. The third-order valence-electron chi connectivity index (χ3n) is 5.77. The van der Waals surface area contributed by atoms with Crippen molar-refractivity contribution in [1.29, 1.82) is 0 Å². The number of sulfonamides is 1. The van der Waals surface area contributed by atoms with Gasteiger partial charge in [0.05, 0.1) is 22.1 Å². The maximum absolute atomic E-state index is 12.7. The van der Waals surface area contributed by atoms with E-state index in [9.17, 15) is 23.3 Å². The summed E-state index contributed by atoms with van der Waals surface area (Å²) in [4.78, 5) is 23.0. The number of benzene rings is 2. The minimum atomic E-state index is -4.04. The molecule has 1 aromatic heterocycles. The molecule has 0 saturated heterocycles. The van der Waals surface area contributed by atoms with Crippen LogP contribution in [0.25, 0.3) is 0 Å². The van der Waals surface area contributed by atoms with Gasteiger partial charge in [0.25, 0.3) is 21.6 Å². The van der Waals surface area contributed by atoms with Crippen LogP contribution >= 0.6 is 0 Å². The molecule has 2 N–H and O–H groups in total. The third kappa shape index (κ3) is 4.58. The van der Waals surface area contributed by atoms with Gasteiger partial charge in [-0.1, -0.05) is 6.07 Å². The van der Waals surface area contributed by atoms with Crippen molar-refractivity contribution >= 4 is 27.3 Å². The number of fused-ring (bicyclic) bond motifs is 1. The maximum Gasteiger partial charge on any atom is 0.273 e. The van der Waals surface area contributed by atoms with Gasteiger partial charge in [0.2, 0.25) is 0 Å². The van der Waals surface area contributed by atoms with Crippen LogP contribution in [0.5, 0.6) is 0 Å². The summed E-state index contributed by atoms with van der Waals surface area (Å²) < 4.78 is 29.6. The second-order valence-electron chi connectivity index (χ2n) is 7.98. The van der Waals surface area contributed by atoms with Crippen LogP contribution in [0.3, 0.4) is 0 Å². The van der Waals surface area contributed by atoms with Gasteiger partial charge in [-0.15, -0.1) is 0 Å². The Labute approximate surface area is 190 Å². The van der Waals surface area contributed by atoms with Crippen molar-refractivity contribution in [2.45, 2.75) is 37.1 Å². The topological polar surface area (TPSA) is 136 Å². The Bertz CT molecular complexity index is 1330. The molecule has 0 bridgehead atoms. The van der Waals surface area contributed by atoms with Crippen LogP contribution in [-0.2, 0) is 23.5 Å². The highest BCUT2D eigenvalue weighted by Gasteiger charge is 2.25. The number of carbonyl (C=O) groups is 1. The zero-order valence-electron chi connectivity index (χ0n) is 18.1. The van der Waals surface area contributed by atoms with Gasteiger partial charge in [-0.3, -0.25) is 24.3 Å². The van der Waals surface area contributed by atoms with Crippen LogP contribution in [-0.4, -0.2) is 29.0 Å². The lowest BCUT2D eigenvalue weighted by atomic mass is 9.93. The molecule has 0 fully saturated rings. The molecule has 172 valence electrons. The van der Waals surface area contributed by atoms with Gasteiger partial charge in [0.1, 0.15) is 0 Å². The molecule has 0 saturated carbocycles. The van der Waals surface area contributed by atoms with Gasteiger partial charge in [-0.05, 0) is 56.5 Å². The van der Waals surface area contributed by atoms with E-state index in [-0.39, 0.29) is 28.2 Å². The summed E-state index contributed by atoms with van der Waals surface area (Å²) in [5, 5.41) is 18.4. The van der Waals surface area contributed by atoms with Gasteiger partial charge in [0, 0.05) is 41.2 Å². The minimum Gasteiger partial charge on any atom is -0.345 e. The number of nitrogens with zero attached hydrogens (tertiary/aromatic N) is 3. The summed E-state index contributed by atoms with van der Waals surface area (Å²) in [5.74, 6) is -0.264. The fourth-order valence-corrected chi connectivity index (χ4v) is 5.03. The first-order valence-electron chi connectivity index (χ1n) is 10.4. The smallest absolute Gasteiger partial charge is 0.273 e. The van der Waals surface area contributed by atoms with E-state index in [4.69, 9.17) is 0 Å². The molecule has 10 nitrogen and oxygen atoms in total. The average molecular weight is 470 g/mol. The lowest BCUT2D eigenvalue weighted by Gasteiger charge is -2.23. The zero-order valence-corrected chi connectivity index (χ0v) is 18.9. The first-order valence-corrected chi connectivity index (χ1v) is 11.8. The molecule has 33 heavy (non-hydrogen) atoms. The summed E-state index contributed by atoms with van der Waals surface area (Å²) in [6, 6.07) is 9.61. The number of amides is 1. The van der Waals surface area contributed by atoms with Gasteiger partial charge in [-0.2, -0.15) is 5.10 Å². The molecule has 3 aromatic rings. The Morgan fingerprint density at radius 3 is 2.64 bits per heavy atom. The quantitative estimate of drug-likeness (QED) is 0.420. The Kier molecular flexibility index (Phi) is 5.90. The lowest BCUT2D eigenvalue weighted by molar-refractivity contribution is -0.385. The summed E-state index contributed by atoms with van der Waals surface area (Å²) in [7, 11) is -2.15. The van der Waals surface area contributed by atoms with Crippen molar-refractivity contribution < 1.29 is 18.1 Å². The van der Waals surface area contributed by atoms with Gasteiger partial charge >= 0.3 is 0 Å². The van der Waals surface area contributed by atoms with E-state index in [1.807, 2.05) is 11.7 Å². The highest BCUT2D eigenvalue weighted by molar-refractivity contribution is 7.92. The Hall–Kier alpha value is -3.73. The predicted molar refractivity (Wildman–Crippen MR) is 121 cm³/mol. The van der Waals surface area contributed by atoms with Gasteiger partial charge in [0.15, 0.2) is 0 Å². The fourth-order valence-electron chi connectivity index (χ4n) is 3.95. The van der Waals surface area contributed by atoms with E-state index < -0.39 is 14.9 Å². The number of anilines is 1. The van der Waals surface area contributed by atoms with Crippen LogP contribution < -0.4 is 10.0 Å². The number of nitro groups is 1. The van der Waals surface area contributed by atoms with Crippen molar-refractivity contribution in [2.75, 3.05) is 4.72 Å². The molecule has 0 aliphatic heterocycles. The number of aryl methyl sites for hydroxylation is 2. The molecule has 0 radical (unpaired) electrons. The molecule has 4 rings (SSSR count). The van der Waals surface area contributed by atoms with Crippen LogP contribution in [0, 0.1) is 17.0 Å². The average Bonchev–Trinajstić information content (AvgIpc) is 3.16.